The van der Waals surface area contributed by atoms with E-state index in [1.807, 2.05) is 19.1 Å². The van der Waals surface area contributed by atoms with Gasteiger partial charge in [0.25, 0.3) is 0 Å². The van der Waals surface area contributed by atoms with Crippen LogP contribution >= 0.6 is 0 Å². The average molecular weight is 276 g/mol. The van der Waals surface area contributed by atoms with Crippen molar-refractivity contribution in [3.63, 3.8) is 0 Å². The lowest BCUT2D eigenvalue weighted by atomic mass is 10.1. The number of hydrogen-bond acceptors (Lipinski definition) is 3. The molecule has 110 valence electrons. The normalized spacial score (nSPS) is 16.9. The third-order valence-electron chi connectivity index (χ3n) is 3.70. The quantitative estimate of drug-likeness (QED) is 0.867. The van der Waals surface area contributed by atoms with Crippen LogP contribution in [0.4, 0.5) is 0 Å². The standard InChI is InChI=1S/C16H24N2O2/c1-3-20-15-8-6-14(7-9-15)16(12-17-13(2)19)18-10-4-5-11-18/h6-9,16H,3-5,10-12H2,1-2H3,(H,17,19). The number of ether oxygens (including phenoxy) is 1. The third-order valence-corrected chi connectivity index (χ3v) is 3.70. The highest BCUT2D eigenvalue weighted by Gasteiger charge is 2.23. The highest BCUT2D eigenvalue weighted by Crippen LogP contribution is 2.26. The maximum atomic E-state index is 11.2. The zero-order valence-corrected chi connectivity index (χ0v) is 12.4. The van der Waals surface area contributed by atoms with Crippen LogP contribution in [0.3, 0.4) is 0 Å². The van der Waals surface area contributed by atoms with Crippen LogP contribution in [0.15, 0.2) is 24.3 Å². The van der Waals surface area contributed by atoms with Gasteiger partial charge in [-0.2, -0.15) is 0 Å². The Bertz CT molecular complexity index is 425. The zero-order valence-electron chi connectivity index (χ0n) is 12.4. The first-order chi connectivity index (χ1) is 9.70. The van der Waals surface area contributed by atoms with Crippen molar-refractivity contribution in [1.82, 2.24) is 10.2 Å². The van der Waals surface area contributed by atoms with E-state index in [1.165, 1.54) is 18.4 Å². The molecule has 1 aromatic carbocycles. The predicted octanol–water partition coefficient (Wildman–Crippen LogP) is 2.36. The number of amides is 1. The Morgan fingerprint density at radius 1 is 1.30 bits per heavy atom. The summed E-state index contributed by atoms with van der Waals surface area (Å²) >= 11 is 0. The summed E-state index contributed by atoms with van der Waals surface area (Å²) in [4.78, 5) is 13.6. The molecule has 1 N–H and O–H groups in total. The zero-order chi connectivity index (χ0) is 14.4. The molecule has 0 radical (unpaired) electrons. The molecule has 2 rings (SSSR count). The molecule has 1 fully saturated rings. The van der Waals surface area contributed by atoms with Crippen LogP contribution in [0.5, 0.6) is 5.75 Å². The smallest absolute Gasteiger partial charge is 0.216 e. The van der Waals surface area contributed by atoms with Gasteiger partial charge in [0.15, 0.2) is 0 Å². The summed E-state index contributed by atoms with van der Waals surface area (Å²) in [6.07, 6.45) is 2.49. The van der Waals surface area contributed by atoms with Crippen LogP contribution < -0.4 is 10.1 Å². The van der Waals surface area contributed by atoms with Gasteiger partial charge >= 0.3 is 0 Å². The van der Waals surface area contributed by atoms with E-state index in [0.29, 0.717) is 13.2 Å². The predicted molar refractivity (Wildman–Crippen MR) is 79.8 cm³/mol. The van der Waals surface area contributed by atoms with Crippen LogP contribution in [-0.4, -0.2) is 37.0 Å². The first-order valence-corrected chi connectivity index (χ1v) is 7.42. The monoisotopic (exact) mass is 276 g/mol. The SMILES string of the molecule is CCOc1ccc(C(CNC(C)=O)N2CCCC2)cc1. The lowest BCUT2D eigenvalue weighted by Crippen LogP contribution is -2.35. The molecule has 1 saturated heterocycles. The van der Waals surface area contributed by atoms with E-state index in [-0.39, 0.29) is 11.9 Å². The van der Waals surface area contributed by atoms with Gasteiger partial charge in [0, 0.05) is 13.5 Å². The van der Waals surface area contributed by atoms with Crippen molar-refractivity contribution in [2.75, 3.05) is 26.2 Å². The van der Waals surface area contributed by atoms with Gasteiger partial charge in [-0.3, -0.25) is 9.69 Å². The van der Waals surface area contributed by atoms with Gasteiger partial charge in [-0.25, -0.2) is 0 Å². The van der Waals surface area contributed by atoms with E-state index in [9.17, 15) is 4.79 Å². The van der Waals surface area contributed by atoms with Gasteiger partial charge in [0.1, 0.15) is 5.75 Å². The second-order valence-electron chi connectivity index (χ2n) is 5.20. The average Bonchev–Trinajstić information content (AvgIpc) is 2.95. The lowest BCUT2D eigenvalue weighted by molar-refractivity contribution is -0.119. The molecule has 1 heterocycles. The summed E-state index contributed by atoms with van der Waals surface area (Å²) in [7, 11) is 0. The number of benzene rings is 1. The minimum Gasteiger partial charge on any atom is -0.494 e. The van der Waals surface area contributed by atoms with E-state index in [0.717, 1.165) is 18.8 Å². The van der Waals surface area contributed by atoms with Gasteiger partial charge < -0.3 is 10.1 Å². The molecule has 1 atom stereocenters. The number of nitrogens with zero attached hydrogens (tertiary/aromatic N) is 1. The van der Waals surface area contributed by atoms with Gasteiger partial charge in [-0.1, -0.05) is 12.1 Å². The van der Waals surface area contributed by atoms with Crippen molar-refractivity contribution in [3.05, 3.63) is 29.8 Å². The largest absolute Gasteiger partial charge is 0.494 e. The van der Waals surface area contributed by atoms with E-state index in [4.69, 9.17) is 4.74 Å². The molecule has 4 heteroatoms. The van der Waals surface area contributed by atoms with Crippen molar-refractivity contribution >= 4 is 5.91 Å². The van der Waals surface area contributed by atoms with Crippen molar-refractivity contribution in [2.24, 2.45) is 0 Å². The Morgan fingerprint density at radius 2 is 1.95 bits per heavy atom. The van der Waals surface area contributed by atoms with Gasteiger partial charge in [0.05, 0.1) is 12.6 Å². The molecule has 20 heavy (non-hydrogen) atoms. The minimum absolute atomic E-state index is 0.0279. The molecule has 4 nitrogen and oxygen atoms in total. The van der Waals surface area contributed by atoms with Gasteiger partial charge in [-0.15, -0.1) is 0 Å². The van der Waals surface area contributed by atoms with E-state index >= 15 is 0 Å². The second-order valence-corrected chi connectivity index (χ2v) is 5.20. The highest BCUT2D eigenvalue weighted by molar-refractivity contribution is 5.72. The molecule has 0 aromatic heterocycles. The fourth-order valence-corrected chi connectivity index (χ4v) is 2.70. The highest BCUT2D eigenvalue weighted by atomic mass is 16.5. The number of rotatable bonds is 6. The number of nitrogens with one attached hydrogen (secondary N) is 1. The molecule has 0 aliphatic carbocycles. The van der Waals surface area contributed by atoms with Gasteiger partial charge in [-0.05, 0) is 50.6 Å². The van der Waals surface area contributed by atoms with Crippen LogP contribution in [0, 0.1) is 0 Å². The summed E-state index contributed by atoms with van der Waals surface area (Å²) in [5.74, 6) is 0.927. The Hall–Kier alpha value is -1.55. The Morgan fingerprint density at radius 3 is 2.50 bits per heavy atom. The summed E-state index contributed by atoms with van der Waals surface area (Å²) < 4.78 is 5.48. The molecule has 1 unspecified atom stereocenters. The number of carbonyl (C=O) groups excluding carboxylic acids is 1. The minimum atomic E-state index is 0.0279. The third kappa shape index (κ3) is 3.97. The summed E-state index contributed by atoms with van der Waals surface area (Å²) in [5.41, 5.74) is 1.24. The summed E-state index contributed by atoms with van der Waals surface area (Å²) in [6, 6.07) is 8.49. The van der Waals surface area contributed by atoms with Crippen molar-refractivity contribution in [3.8, 4) is 5.75 Å². The van der Waals surface area contributed by atoms with Crippen LogP contribution in [0.1, 0.15) is 38.3 Å². The topological polar surface area (TPSA) is 41.6 Å². The Balaban J connectivity index is 2.09. The van der Waals surface area contributed by atoms with E-state index in [1.54, 1.807) is 6.92 Å². The number of hydrogen-bond donors (Lipinski definition) is 1. The fraction of sp³-hybridized carbons (Fsp3) is 0.562. The Labute approximate surface area is 121 Å². The molecule has 1 aromatic rings. The maximum absolute atomic E-state index is 11.2. The Kier molecular flexibility index (Phi) is 5.41. The summed E-state index contributed by atoms with van der Waals surface area (Å²) in [5, 5.41) is 2.95. The summed E-state index contributed by atoms with van der Waals surface area (Å²) in [6.45, 7) is 7.12. The molecule has 1 amide bonds. The van der Waals surface area contributed by atoms with E-state index in [2.05, 4.69) is 22.3 Å². The van der Waals surface area contributed by atoms with Crippen LogP contribution in [-0.2, 0) is 4.79 Å². The second kappa shape index (κ2) is 7.29. The molecule has 0 spiro atoms. The first-order valence-electron chi connectivity index (χ1n) is 7.42. The van der Waals surface area contributed by atoms with Crippen molar-refractivity contribution < 1.29 is 9.53 Å². The number of likely N-dealkylation sites (tertiary alicyclic amines) is 1. The maximum Gasteiger partial charge on any atom is 0.216 e. The number of carbonyl (C=O) groups is 1. The van der Waals surface area contributed by atoms with Crippen molar-refractivity contribution in [2.45, 2.75) is 32.7 Å². The van der Waals surface area contributed by atoms with Crippen molar-refractivity contribution in [1.29, 1.82) is 0 Å². The molecule has 0 saturated carbocycles. The van der Waals surface area contributed by atoms with Gasteiger partial charge in [0.2, 0.25) is 5.91 Å². The van der Waals surface area contributed by atoms with E-state index < -0.39 is 0 Å². The van der Waals surface area contributed by atoms with Crippen LogP contribution in [0.2, 0.25) is 0 Å². The molecular weight excluding hydrogens is 252 g/mol. The van der Waals surface area contributed by atoms with Crippen LogP contribution in [0.25, 0.3) is 0 Å². The molecule has 0 bridgehead atoms. The molecule has 1 aliphatic rings. The first kappa shape index (κ1) is 14.9. The molecular formula is C16H24N2O2. The fourth-order valence-electron chi connectivity index (χ4n) is 2.70. The molecule has 1 aliphatic heterocycles. The lowest BCUT2D eigenvalue weighted by Gasteiger charge is -2.28.